The van der Waals surface area contributed by atoms with Crippen LogP contribution < -0.4 is 15.5 Å². The van der Waals surface area contributed by atoms with E-state index in [0.717, 1.165) is 11.3 Å². The third-order valence-corrected chi connectivity index (χ3v) is 3.58. The zero-order valence-electron chi connectivity index (χ0n) is 12.4. The van der Waals surface area contributed by atoms with Gasteiger partial charge >= 0.3 is 6.03 Å². The summed E-state index contributed by atoms with van der Waals surface area (Å²) in [4.78, 5) is 13.8. The molecule has 0 radical (unpaired) electrons. The fourth-order valence-corrected chi connectivity index (χ4v) is 2.18. The molecule has 22 heavy (non-hydrogen) atoms. The Kier molecular flexibility index (Phi) is 5.38. The van der Waals surface area contributed by atoms with Crippen molar-refractivity contribution in [1.82, 2.24) is 5.32 Å². The molecule has 0 aliphatic rings. The van der Waals surface area contributed by atoms with E-state index in [1.54, 1.807) is 6.07 Å². The van der Waals surface area contributed by atoms with Crippen LogP contribution in [0.25, 0.3) is 0 Å². The minimum Gasteiger partial charge on any atom is -0.378 e. The van der Waals surface area contributed by atoms with Crippen LogP contribution in [-0.2, 0) is 6.54 Å². The number of benzene rings is 2. The lowest BCUT2D eigenvalue weighted by Crippen LogP contribution is -2.28. The third kappa shape index (κ3) is 4.46. The standard InChI is InChI=1S/C16H17BrFN3O/c1-21(2)13-6-3-11(4-7-13)10-19-16(22)20-15-8-5-12(17)9-14(15)18/h3-9H,10H2,1-2H3,(H2,19,20,22). The van der Waals surface area contributed by atoms with E-state index in [4.69, 9.17) is 0 Å². The maximum Gasteiger partial charge on any atom is 0.319 e. The zero-order chi connectivity index (χ0) is 16.1. The number of rotatable bonds is 4. The number of amides is 2. The molecule has 2 N–H and O–H groups in total. The van der Waals surface area contributed by atoms with Gasteiger partial charge in [0, 0.05) is 30.8 Å². The van der Waals surface area contributed by atoms with Gasteiger partial charge in [-0.1, -0.05) is 28.1 Å². The van der Waals surface area contributed by atoms with Crippen LogP contribution in [0.3, 0.4) is 0 Å². The molecule has 4 nitrogen and oxygen atoms in total. The summed E-state index contributed by atoms with van der Waals surface area (Å²) in [6.07, 6.45) is 0. The zero-order valence-corrected chi connectivity index (χ0v) is 13.9. The number of urea groups is 1. The molecule has 0 saturated carbocycles. The van der Waals surface area contributed by atoms with Crippen molar-refractivity contribution in [3.05, 3.63) is 58.3 Å². The molecule has 0 aromatic heterocycles. The Morgan fingerprint density at radius 2 is 1.86 bits per heavy atom. The largest absolute Gasteiger partial charge is 0.378 e. The predicted molar refractivity (Wildman–Crippen MR) is 90.7 cm³/mol. The molecular weight excluding hydrogens is 349 g/mol. The third-order valence-electron chi connectivity index (χ3n) is 3.09. The molecule has 0 saturated heterocycles. The maximum atomic E-state index is 13.6. The number of nitrogens with one attached hydrogen (secondary N) is 2. The number of nitrogens with zero attached hydrogens (tertiary/aromatic N) is 1. The summed E-state index contributed by atoms with van der Waals surface area (Å²) in [5.74, 6) is -0.486. The fraction of sp³-hybridized carbons (Fsp3) is 0.188. The number of carbonyl (C=O) groups excluding carboxylic acids is 1. The van der Waals surface area contributed by atoms with Crippen molar-refractivity contribution in [3.63, 3.8) is 0 Å². The Labute approximate surface area is 137 Å². The second-order valence-electron chi connectivity index (χ2n) is 4.99. The van der Waals surface area contributed by atoms with Crippen LogP contribution in [0.1, 0.15) is 5.56 Å². The number of hydrogen-bond donors (Lipinski definition) is 2. The number of carbonyl (C=O) groups is 1. The van der Waals surface area contributed by atoms with Gasteiger partial charge in [-0.15, -0.1) is 0 Å². The molecule has 0 unspecified atom stereocenters. The van der Waals surface area contributed by atoms with Crippen molar-refractivity contribution >= 4 is 33.3 Å². The highest BCUT2D eigenvalue weighted by Gasteiger charge is 2.07. The van der Waals surface area contributed by atoms with Gasteiger partial charge < -0.3 is 15.5 Å². The van der Waals surface area contributed by atoms with E-state index in [9.17, 15) is 9.18 Å². The van der Waals surface area contributed by atoms with E-state index in [1.807, 2.05) is 43.3 Å². The summed E-state index contributed by atoms with van der Waals surface area (Å²) < 4.78 is 14.2. The Morgan fingerprint density at radius 3 is 2.45 bits per heavy atom. The van der Waals surface area contributed by atoms with E-state index >= 15 is 0 Å². The normalized spacial score (nSPS) is 10.2. The molecule has 116 valence electrons. The number of hydrogen-bond acceptors (Lipinski definition) is 2. The fourth-order valence-electron chi connectivity index (χ4n) is 1.85. The average molecular weight is 366 g/mol. The molecule has 0 atom stereocenters. The molecule has 6 heteroatoms. The highest BCUT2D eigenvalue weighted by Crippen LogP contribution is 2.19. The first-order valence-electron chi connectivity index (χ1n) is 6.72. The van der Waals surface area contributed by atoms with Crippen molar-refractivity contribution < 1.29 is 9.18 Å². The Morgan fingerprint density at radius 1 is 1.18 bits per heavy atom. The van der Waals surface area contributed by atoms with Gasteiger partial charge in [0.25, 0.3) is 0 Å². The van der Waals surface area contributed by atoms with Gasteiger partial charge in [0.15, 0.2) is 0 Å². The highest BCUT2D eigenvalue weighted by atomic mass is 79.9. The smallest absolute Gasteiger partial charge is 0.319 e. The molecule has 0 fully saturated rings. The summed E-state index contributed by atoms with van der Waals surface area (Å²) >= 11 is 3.17. The van der Waals surface area contributed by atoms with Gasteiger partial charge in [0.2, 0.25) is 0 Å². The van der Waals surface area contributed by atoms with Crippen molar-refractivity contribution in [2.45, 2.75) is 6.54 Å². The van der Waals surface area contributed by atoms with Gasteiger partial charge in [0.05, 0.1) is 5.69 Å². The summed E-state index contributed by atoms with van der Waals surface area (Å²) in [5, 5.41) is 5.18. The van der Waals surface area contributed by atoms with Gasteiger partial charge in [-0.25, -0.2) is 9.18 Å². The molecule has 2 aromatic carbocycles. The number of halogens is 2. The van der Waals surface area contributed by atoms with E-state index < -0.39 is 11.8 Å². The molecule has 2 aromatic rings. The molecule has 0 aliphatic heterocycles. The lowest BCUT2D eigenvalue weighted by atomic mass is 10.2. The second kappa shape index (κ2) is 7.26. The first kappa shape index (κ1) is 16.3. The van der Waals surface area contributed by atoms with E-state index in [-0.39, 0.29) is 5.69 Å². The van der Waals surface area contributed by atoms with Crippen molar-refractivity contribution in [2.24, 2.45) is 0 Å². The van der Waals surface area contributed by atoms with Crippen LogP contribution >= 0.6 is 15.9 Å². The topological polar surface area (TPSA) is 44.4 Å². The molecular formula is C16H17BrFN3O. The first-order valence-corrected chi connectivity index (χ1v) is 7.51. The summed E-state index contributed by atoms with van der Waals surface area (Å²) in [5.41, 5.74) is 2.20. The van der Waals surface area contributed by atoms with Crippen LogP contribution in [0.15, 0.2) is 46.9 Å². The maximum absolute atomic E-state index is 13.6. The van der Waals surface area contributed by atoms with E-state index in [2.05, 4.69) is 26.6 Å². The van der Waals surface area contributed by atoms with Crippen LogP contribution in [0.4, 0.5) is 20.6 Å². The number of anilines is 2. The summed E-state index contributed by atoms with van der Waals surface area (Å²) in [6.45, 7) is 0.373. The minimum absolute atomic E-state index is 0.142. The lowest BCUT2D eigenvalue weighted by Gasteiger charge is -2.13. The van der Waals surface area contributed by atoms with Gasteiger partial charge in [-0.2, -0.15) is 0 Å². The van der Waals surface area contributed by atoms with E-state index in [0.29, 0.717) is 11.0 Å². The summed E-state index contributed by atoms with van der Waals surface area (Å²) in [7, 11) is 3.93. The SMILES string of the molecule is CN(C)c1ccc(CNC(=O)Nc2ccc(Br)cc2F)cc1. The first-order chi connectivity index (χ1) is 10.5. The van der Waals surface area contributed by atoms with Crippen LogP contribution in [0.5, 0.6) is 0 Å². The molecule has 2 amide bonds. The second-order valence-corrected chi connectivity index (χ2v) is 5.91. The van der Waals surface area contributed by atoms with Gasteiger partial charge in [-0.3, -0.25) is 0 Å². The van der Waals surface area contributed by atoms with E-state index in [1.165, 1.54) is 12.1 Å². The van der Waals surface area contributed by atoms with Crippen LogP contribution in [-0.4, -0.2) is 20.1 Å². The van der Waals surface area contributed by atoms with Crippen LogP contribution in [0.2, 0.25) is 0 Å². The van der Waals surface area contributed by atoms with Crippen molar-refractivity contribution in [2.75, 3.05) is 24.3 Å². The quantitative estimate of drug-likeness (QED) is 0.860. The van der Waals surface area contributed by atoms with Crippen molar-refractivity contribution in [3.8, 4) is 0 Å². The summed E-state index contributed by atoms with van der Waals surface area (Å²) in [6, 6.07) is 11.9. The highest BCUT2D eigenvalue weighted by molar-refractivity contribution is 9.10. The predicted octanol–water partition coefficient (Wildman–Crippen LogP) is 3.98. The molecule has 0 aliphatic carbocycles. The van der Waals surface area contributed by atoms with Crippen molar-refractivity contribution in [1.29, 1.82) is 0 Å². The lowest BCUT2D eigenvalue weighted by molar-refractivity contribution is 0.251. The van der Waals surface area contributed by atoms with Crippen LogP contribution in [0, 0.1) is 5.82 Å². The average Bonchev–Trinajstić information content (AvgIpc) is 2.48. The molecule has 0 spiro atoms. The molecule has 0 heterocycles. The Bertz CT molecular complexity index is 659. The monoisotopic (exact) mass is 365 g/mol. The minimum atomic E-state index is -0.486. The molecule has 0 bridgehead atoms. The van der Waals surface area contributed by atoms with Gasteiger partial charge in [0.1, 0.15) is 5.82 Å². The molecule has 2 rings (SSSR count). The Balaban J connectivity index is 1.89. The van der Waals surface area contributed by atoms with Gasteiger partial charge in [-0.05, 0) is 35.9 Å². The Hall–Kier alpha value is -2.08.